The molecule has 1 aromatic rings. The number of piperidine rings is 1. The molecule has 12 heteroatoms. The van der Waals surface area contributed by atoms with Gasteiger partial charge in [-0.2, -0.15) is 17.0 Å². The van der Waals surface area contributed by atoms with E-state index in [-0.39, 0.29) is 50.3 Å². The maximum absolute atomic E-state index is 13.2. The van der Waals surface area contributed by atoms with Crippen molar-refractivity contribution in [2.24, 2.45) is 5.92 Å². The monoisotopic (exact) mass is 472 g/mol. The van der Waals surface area contributed by atoms with E-state index in [4.69, 9.17) is 16.8 Å². The minimum atomic E-state index is -4.03. The van der Waals surface area contributed by atoms with Crippen molar-refractivity contribution >= 4 is 39.4 Å². The molecule has 3 rings (SSSR count). The van der Waals surface area contributed by atoms with Crippen LogP contribution in [0.2, 0.25) is 5.02 Å². The molecule has 0 aliphatic carbocycles. The van der Waals surface area contributed by atoms with Crippen molar-refractivity contribution in [2.45, 2.75) is 25.8 Å². The number of carbonyl (C=O) groups is 3. The molecule has 2 N–H and O–H groups in total. The van der Waals surface area contributed by atoms with Crippen LogP contribution >= 0.6 is 11.6 Å². The average molecular weight is 473 g/mol. The van der Waals surface area contributed by atoms with Gasteiger partial charge in [0.1, 0.15) is 6.04 Å². The van der Waals surface area contributed by atoms with Crippen LogP contribution in [0.4, 0.5) is 0 Å². The number of nitrogens with zero attached hydrogens (tertiary/aromatic N) is 3. The number of benzene rings is 1. The predicted molar refractivity (Wildman–Crippen MR) is 112 cm³/mol. The summed E-state index contributed by atoms with van der Waals surface area (Å²) >= 11 is 5.86. The Balaban J connectivity index is 1.69. The second-order valence-electron chi connectivity index (χ2n) is 7.62. The first kappa shape index (κ1) is 23.6. The molecule has 2 amide bonds. The van der Waals surface area contributed by atoms with E-state index in [1.54, 1.807) is 24.3 Å². The van der Waals surface area contributed by atoms with Gasteiger partial charge in [0.25, 0.3) is 16.1 Å². The summed E-state index contributed by atoms with van der Waals surface area (Å²) in [5.41, 5.74) is 2.02. The molecule has 1 aromatic carbocycles. The van der Waals surface area contributed by atoms with Crippen LogP contribution in [-0.4, -0.2) is 83.5 Å². The number of hydroxylamine groups is 1. The van der Waals surface area contributed by atoms with Crippen LogP contribution in [0.25, 0.3) is 0 Å². The van der Waals surface area contributed by atoms with Gasteiger partial charge in [0.05, 0.1) is 0 Å². The summed E-state index contributed by atoms with van der Waals surface area (Å²) in [7, 11) is -4.03. The van der Waals surface area contributed by atoms with Crippen molar-refractivity contribution in [3.63, 3.8) is 0 Å². The number of rotatable bonds is 5. The van der Waals surface area contributed by atoms with Crippen molar-refractivity contribution in [3.05, 3.63) is 34.9 Å². The highest BCUT2D eigenvalue weighted by Gasteiger charge is 2.43. The third-order valence-corrected chi connectivity index (χ3v) is 8.06. The molecule has 31 heavy (non-hydrogen) atoms. The van der Waals surface area contributed by atoms with Crippen LogP contribution in [0.1, 0.15) is 30.1 Å². The van der Waals surface area contributed by atoms with Crippen LogP contribution < -0.4 is 5.48 Å². The molecule has 0 spiro atoms. The van der Waals surface area contributed by atoms with Gasteiger partial charge in [-0.25, -0.2) is 5.48 Å². The average Bonchev–Trinajstić information content (AvgIpc) is 2.78. The molecule has 2 aliphatic rings. The maximum atomic E-state index is 13.2. The SMILES string of the molecule is CC(=O)N1CCN(S(=O)(=O)N2CCC(C(=O)c3ccc(Cl)cc3)CC2)C(C(=O)NO)C1. The van der Waals surface area contributed by atoms with E-state index in [0.29, 0.717) is 23.4 Å². The van der Waals surface area contributed by atoms with E-state index in [9.17, 15) is 22.8 Å². The second-order valence-corrected chi connectivity index (χ2v) is 9.94. The van der Waals surface area contributed by atoms with Gasteiger partial charge in [-0.05, 0) is 37.1 Å². The van der Waals surface area contributed by atoms with Gasteiger partial charge in [-0.15, -0.1) is 0 Å². The number of halogens is 1. The summed E-state index contributed by atoms with van der Waals surface area (Å²) in [6.45, 7) is 1.53. The normalized spacial score (nSPS) is 21.6. The van der Waals surface area contributed by atoms with E-state index in [1.165, 1.54) is 21.6 Å². The number of hydrogen-bond donors (Lipinski definition) is 2. The molecule has 1 atom stereocenters. The number of nitrogens with one attached hydrogen (secondary N) is 1. The van der Waals surface area contributed by atoms with E-state index in [1.807, 2.05) is 0 Å². The largest absolute Gasteiger partial charge is 0.339 e. The topological polar surface area (TPSA) is 127 Å². The number of hydrogen-bond acceptors (Lipinski definition) is 6. The number of ketones is 1. The summed E-state index contributed by atoms with van der Waals surface area (Å²) in [6.07, 6.45) is 0.704. The number of carbonyl (C=O) groups excluding carboxylic acids is 3. The standard InChI is InChI=1S/C19H25ClN4O6S/c1-13(25)22-10-11-24(17(12-22)19(27)21-28)31(29,30)23-8-6-15(7-9-23)18(26)14-2-4-16(20)5-3-14/h2-5,15,17,28H,6-12H2,1H3,(H,21,27). The first-order valence-corrected chi connectivity index (χ1v) is 11.7. The number of amides is 2. The summed E-state index contributed by atoms with van der Waals surface area (Å²) < 4.78 is 28.7. The van der Waals surface area contributed by atoms with Gasteiger partial charge in [-0.3, -0.25) is 19.6 Å². The minimum absolute atomic E-state index is 0.0543. The highest BCUT2D eigenvalue weighted by atomic mass is 35.5. The Kier molecular flexibility index (Phi) is 7.32. The Morgan fingerprint density at radius 2 is 1.68 bits per heavy atom. The van der Waals surface area contributed by atoms with Crippen molar-refractivity contribution < 1.29 is 28.0 Å². The maximum Gasteiger partial charge on any atom is 0.282 e. The predicted octanol–water partition coefficient (Wildman–Crippen LogP) is 0.518. The Bertz CT molecular complexity index is 947. The van der Waals surface area contributed by atoms with E-state index < -0.39 is 22.2 Å². The van der Waals surface area contributed by atoms with Gasteiger partial charge in [0.2, 0.25) is 5.91 Å². The fourth-order valence-electron chi connectivity index (χ4n) is 3.96. The summed E-state index contributed by atoms with van der Waals surface area (Å²) in [5.74, 6) is -1.54. The third-order valence-electron chi connectivity index (χ3n) is 5.77. The first-order chi connectivity index (χ1) is 14.6. The van der Waals surface area contributed by atoms with Crippen LogP contribution in [0.5, 0.6) is 0 Å². The molecule has 0 aromatic heterocycles. The van der Waals surface area contributed by atoms with Crippen molar-refractivity contribution in [1.29, 1.82) is 0 Å². The molecule has 2 fully saturated rings. The lowest BCUT2D eigenvalue weighted by molar-refractivity contribution is -0.138. The lowest BCUT2D eigenvalue weighted by Crippen LogP contribution is -2.63. The number of Topliss-reactive ketones (excluding diaryl/α,β-unsaturated/α-hetero) is 1. The molecular formula is C19H25ClN4O6S. The Morgan fingerprint density at radius 1 is 1.06 bits per heavy atom. The van der Waals surface area contributed by atoms with Gasteiger partial charge in [0, 0.05) is 56.2 Å². The molecular weight excluding hydrogens is 448 g/mol. The van der Waals surface area contributed by atoms with E-state index in [2.05, 4.69) is 0 Å². The zero-order chi connectivity index (χ0) is 22.8. The molecule has 2 heterocycles. The molecule has 10 nitrogen and oxygen atoms in total. The number of piperazine rings is 1. The third kappa shape index (κ3) is 5.07. The van der Waals surface area contributed by atoms with Crippen molar-refractivity contribution in [1.82, 2.24) is 19.0 Å². The summed E-state index contributed by atoms with van der Waals surface area (Å²) in [6, 6.07) is 5.35. The molecule has 0 bridgehead atoms. The Hall–Kier alpha value is -2.05. The zero-order valence-corrected chi connectivity index (χ0v) is 18.6. The highest BCUT2D eigenvalue weighted by molar-refractivity contribution is 7.86. The van der Waals surface area contributed by atoms with Gasteiger partial charge in [0.15, 0.2) is 5.78 Å². The lowest BCUT2D eigenvalue weighted by atomic mass is 9.90. The van der Waals surface area contributed by atoms with Crippen LogP contribution in [0.3, 0.4) is 0 Å². The molecule has 170 valence electrons. The second kappa shape index (κ2) is 9.61. The summed E-state index contributed by atoms with van der Waals surface area (Å²) in [4.78, 5) is 37.9. The molecule has 2 aliphatic heterocycles. The van der Waals surface area contributed by atoms with Gasteiger partial charge in [-0.1, -0.05) is 11.6 Å². The quantitative estimate of drug-likeness (QED) is 0.365. The van der Waals surface area contributed by atoms with E-state index in [0.717, 1.165) is 4.31 Å². The van der Waals surface area contributed by atoms with Crippen LogP contribution in [0.15, 0.2) is 24.3 Å². The molecule has 1 unspecified atom stereocenters. The Morgan fingerprint density at radius 3 is 2.23 bits per heavy atom. The van der Waals surface area contributed by atoms with Crippen LogP contribution in [0, 0.1) is 5.92 Å². The first-order valence-electron chi connectivity index (χ1n) is 9.91. The fourth-order valence-corrected chi connectivity index (χ4v) is 5.85. The summed E-state index contributed by atoms with van der Waals surface area (Å²) in [5, 5.41) is 9.57. The van der Waals surface area contributed by atoms with Crippen molar-refractivity contribution in [2.75, 3.05) is 32.7 Å². The molecule has 0 radical (unpaired) electrons. The Labute approximate surface area is 185 Å². The molecule has 0 saturated carbocycles. The van der Waals surface area contributed by atoms with Crippen LogP contribution in [-0.2, 0) is 19.8 Å². The van der Waals surface area contributed by atoms with Crippen molar-refractivity contribution in [3.8, 4) is 0 Å². The zero-order valence-electron chi connectivity index (χ0n) is 17.0. The smallest absolute Gasteiger partial charge is 0.282 e. The van der Waals surface area contributed by atoms with Gasteiger partial charge >= 0.3 is 0 Å². The minimum Gasteiger partial charge on any atom is -0.339 e. The fraction of sp³-hybridized carbons (Fsp3) is 0.526. The van der Waals surface area contributed by atoms with E-state index >= 15 is 0 Å². The molecule has 2 saturated heterocycles. The highest BCUT2D eigenvalue weighted by Crippen LogP contribution is 2.27. The van der Waals surface area contributed by atoms with Gasteiger partial charge < -0.3 is 4.90 Å². The lowest BCUT2D eigenvalue weighted by Gasteiger charge is -2.42.